The number of benzene rings is 1. The number of aliphatic hydroxyl groups excluding tert-OH is 1. The molecule has 0 bridgehead atoms. The van der Waals surface area contributed by atoms with Crippen molar-refractivity contribution in [1.82, 2.24) is 10.6 Å². The molecule has 1 saturated heterocycles. The van der Waals surface area contributed by atoms with Crippen molar-refractivity contribution in [2.24, 2.45) is 5.92 Å². The molecule has 0 aromatic heterocycles. The van der Waals surface area contributed by atoms with Crippen molar-refractivity contribution in [2.45, 2.75) is 45.8 Å². The lowest BCUT2D eigenvalue weighted by molar-refractivity contribution is 0.183. The van der Waals surface area contributed by atoms with Crippen molar-refractivity contribution < 1.29 is 9.90 Å². The first kappa shape index (κ1) is 17.6. The molecule has 1 aliphatic rings. The normalized spacial score (nSPS) is 16.9. The minimum atomic E-state index is -0.388. The molecule has 23 heavy (non-hydrogen) atoms. The predicted molar refractivity (Wildman–Crippen MR) is 93.6 cm³/mol. The molecule has 1 heterocycles. The lowest BCUT2D eigenvalue weighted by Crippen LogP contribution is -2.36. The molecule has 2 rings (SSSR count). The van der Waals surface area contributed by atoms with Gasteiger partial charge < -0.3 is 20.6 Å². The molecular weight excluding hydrogens is 290 g/mol. The van der Waals surface area contributed by atoms with Crippen molar-refractivity contribution in [3.8, 4) is 0 Å². The van der Waals surface area contributed by atoms with Crippen molar-refractivity contribution in [3.05, 3.63) is 29.8 Å². The van der Waals surface area contributed by atoms with Crippen LogP contribution in [0.15, 0.2) is 24.3 Å². The molecule has 5 nitrogen and oxygen atoms in total. The Morgan fingerprint density at radius 3 is 2.52 bits per heavy atom. The zero-order valence-electron chi connectivity index (χ0n) is 14.2. The number of piperidine rings is 1. The number of rotatable bonds is 6. The molecule has 0 aliphatic carbocycles. The number of urea groups is 1. The number of hydrogen-bond donors (Lipinski definition) is 3. The highest BCUT2D eigenvalue weighted by atomic mass is 16.3. The molecule has 1 aliphatic heterocycles. The lowest BCUT2D eigenvalue weighted by Gasteiger charge is -2.32. The van der Waals surface area contributed by atoms with E-state index in [9.17, 15) is 4.79 Å². The van der Waals surface area contributed by atoms with Crippen LogP contribution in [0.2, 0.25) is 0 Å². The van der Waals surface area contributed by atoms with Gasteiger partial charge in [0.1, 0.15) is 0 Å². The summed E-state index contributed by atoms with van der Waals surface area (Å²) in [5.41, 5.74) is 2.35. The second kappa shape index (κ2) is 8.77. The summed E-state index contributed by atoms with van der Waals surface area (Å²) in [6, 6.07) is 8.23. The van der Waals surface area contributed by atoms with Gasteiger partial charge in [0, 0.05) is 31.9 Å². The van der Waals surface area contributed by atoms with Crippen molar-refractivity contribution in [3.63, 3.8) is 0 Å². The van der Waals surface area contributed by atoms with Gasteiger partial charge in [-0.3, -0.25) is 0 Å². The van der Waals surface area contributed by atoms with Crippen molar-refractivity contribution in [2.75, 3.05) is 24.5 Å². The molecule has 1 aromatic carbocycles. The van der Waals surface area contributed by atoms with E-state index in [0.717, 1.165) is 24.6 Å². The van der Waals surface area contributed by atoms with E-state index < -0.39 is 0 Å². The first-order valence-electron chi connectivity index (χ1n) is 8.58. The number of amides is 2. The molecule has 1 fully saturated rings. The van der Waals surface area contributed by atoms with E-state index in [0.29, 0.717) is 19.5 Å². The molecule has 1 atom stereocenters. The van der Waals surface area contributed by atoms with E-state index in [1.165, 1.54) is 18.5 Å². The van der Waals surface area contributed by atoms with E-state index >= 15 is 0 Å². The fourth-order valence-corrected chi connectivity index (χ4v) is 2.73. The summed E-state index contributed by atoms with van der Waals surface area (Å²) in [4.78, 5) is 14.1. The monoisotopic (exact) mass is 319 g/mol. The van der Waals surface area contributed by atoms with Gasteiger partial charge in [-0.05, 0) is 49.8 Å². The summed E-state index contributed by atoms with van der Waals surface area (Å²) in [6.07, 6.45) is 2.70. The third-order valence-electron chi connectivity index (χ3n) is 4.39. The second-order valence-electron chi connectivity index (χ2n) is 6.58. The van der Waals surface area contributed by atoms with Gasteiger partial charge in [0.25, 0.3) is 0 Å². The highest BCUT2D eigenvalue weighted by molar-refractivity contribution is 5.73. The summed E-state index contributed by atoms with van der Waals surface area (Å²) in [5.74, 6) is 0.835. The Labute approximate surface area is 139 Å². The van der Waals surface area contributed by atoms with Crippen LogP contribution < -0.4 is 15.5 Å². The SMILES string of the molecule is CC(O)CCNC(=O)NCc1ccc(N2CCC(C)CC2)cc1. The van der Waals surface area contributed by atoms with Crippen LogP contribution in [-0.4, -0.2) is 36.9 Å². The molecule has 0 saturated carbocycles. The van der Waals surface area contributed by atoms with Crippen LogP contribution in [0.25, 0.3) is 0 Å². The van der Waals surface area contributed by atoms with E-state index in [-0.39, 0.29) is 12.1 Å². The Hall–Kier alpha value is -1.75. The Balaban J connectivity index is 1.73. The molecule has 0 radical (unpaired) electrons. The van der Waals surface area contributed by atoms with Gasteiger partial charge >= 0.3 is 6.03 Å². The molecule has 5 heteroatoms. The first-order chi connectivity index (χ1) is 11.0. The maximum Gasteiger partial charge on any atom is 0.315 e. The molecule has 3 N–H and O–H groups in total. The highest BCUT2D eigenvalue weighted by Gasteiger charge is 2.15. The third kappa shape index (κ3) is 6.10. The standard InChI is InChI=1S/C18H29N3O2/c1-14-8-11-21(12-9-14)17-5-3-16(4-6-17)13-20-18(23)19-10-7-15(2)22/h3-6,14-15,22H,7-13H2,1-2H3,(H2,19,20,23). The molecule has 0 spiro atoms. The molecule has 1 aromatic rings. The summed E-state index contributed by atoms with van der Waals surface area (Å²) in [6.45, 7) is 7.28. The van der Waals surface area contributed by atoms with Gasteiger partial charge in [0.2, 0.25) is 0 Å². The van der Waals surface area contributed by atoms with Gasteiger partial charge in [-0.1, -0.05) is 19.1 Å². The van der Waals surface area contributed by atoms with Crippen LogP contribution in [0.3, 0.4) is 0 Å². The zero-order valence-corrected chi connectivity index (χ0v) is 14.2. The molecule has 1 unspecified atom stereocenters. The first-order valence-corrected chi connectivity index (χ1v) is 8.58. The predicted octanol–water partition coefficient (Wildman–Crippen LogP) is 2.49. The van der Waals surface area contributed by atoms with Crippen LogP contribution in [0.1, 0.15) is 38.7 Å². The van der Waals surface area contributed by atoms with E-state index in [1.54, 1.807) is 6.92 Å². The zero-order chi connectivity index (χ0) is 16.7. The number of nitrogens with one attached hydrogen (secondary N) is 2. The van der Waals surface area contributed by atoms with Gasteiger partial charge in [-0.25, -0.2) is 4.79 Å². The van der Waals surface area contributed by atoms with E-state index in [2.05, 4.69) is 46.7 Å². The topological polar surface area (TPSA) is 64.6 Å². The number of anilines is 1. The Morgan fingerprint density at radius 1 is 1.26 bits per heavy atom. The van der Waals surface area contributed by atoms with Crippen molar-refractivity contribution >= 4 is 11.7 Å². The summed E-state index contributed by atoms with van der Waals surface area (Å²) < 4.78 is 0. The maximum atomic E-state index is 11.6. The van der Waals surface area contributed by atoms with E-state index in [4.69, 9.17) is 5.11 Å². The van der Waals surface area contributed by atoms with Gasteiger partial charge in [0.15, 0.2) is 0 Å². The molecular formula is C18H29N3O2. The maximum absolute atomic E-state index is 11.6. The van der Waals surface area contributed by atoms with Crippen LogP contribution in [0.4, 0.5) is 10.5 Å². The van der Waals surface area contributed by atoms with Gasteiger partial charge in [-0.15, -0.1) is 0 Å². The molecule has 128 valence electrons. The number of carbonyl (C=O) groups excluding carboxylic acids is 1. The Kier molecular flexibility index (Phi) is 6.71. The minimum Gasteiger partial charge on any atom is -0.393 e. The van der Waals surface area contributed by atoms with Crippen LogP contribution in [0.5, 0.6) is 0 Å². The van der Waals surface area contributed by atoms with Gasteiger partial charge in [0.05, 0.1) is 6.10 Å². The van der Waals surface area contributed by atoms with Crippen LogP contribution in [0, 0.1) is 5.92 Å². The number of hydrogen-bond acceptors (Lipinski definition) is 3. The average molecular weight is 319 g/mol. The van der Waals surface area contributed by atoms with Gasteiger partial charge in [-0.2, -0.15) is 0 Å². The summed E-state index contributed by atoms with van der Waals surface area (Å²) in [7, 11) is 0. The largest absolute Gasteiger partial charge is 0.393 e. The third-order valence-corrected chi connectivity index (χ3v) is 4.39. The minimum absolute atomic E-state index is 0.195. The molecule has 2 amide bonds. The Bertz CT molecular complexity index is 480. The summed E-state index contributed by atoms with van der Waals surface area (Å²) >= 11 is 0. The van der Waals surface area contributed by atoms with Crippen LogP contribution >= 0.6 is 0 Å². The number of nitrogens with zero attached hydrogens (tertiary/aromatic N) is 1. The number of carbonyl (C=O) groups is 1. The fourth-order valence-electron chi connectivity index (χ4n) is 2.73. The van der Waals surface area contributed by atoms with Crippen LogP contribution in [-0.2, 0) is 6.54 Å². The second-order valence-corrected chi connectivity index (χ2v) is 6.58. The Morgan fingerprint density at radius 2 is 1.91 bits per heavy atom. The number of aliphatic hydroxyl groups is 1. The average Bonchev–Trinajstić information content (AvgIpc) is 2.54. The quantitative estimate of drug-likeness (QED) is 0.755. The lowest BCUT2D eigenvalue weighted by atomic mass is 9.99. The summed E-state index contributed by atoms with van der Waals surface area (Å²) in [5, 5.41) is 14.7. The smallest absolute Gasteiger partial charge is 0.315 e. The van der Waals surface area contributed by atoms with Crippen molar-refractivity contribution in [1.29, 1.82) is 0 Å². The highest BCUT2D eigenvalue weighted by Crippen LogP contribution is 2.23. The fraction of sp³-hybridized carbons (Fsp3) is 0.611. The van der Waals surface area contributed by atoms with E-state index in [1.807, 2.05) is 0 Å².